The number of aldehydes is 1. The van der Waals surface area contributed by atoms with E-state index in [1.807, 2.05) is 18.2 Å². The van der Waals surface area contributed by atoms with Gasteiger partial charge in [-0.2, -0.15) is 0 Å². The van der Waals surface area contributed by atoms with Crippen LogP contribution in [0.5, 0.6) is 0 Å². The smallest absolute Gasteiger partial charge is 0.150 e. The number of rotatable bonds is 3. The van der Waals surface area contributed by atoms with Crippen LogP contribution in [0.1, 0.15) is 28.8 Å². The molecular formula is C14H19NO2. The lowest BCUT2D eigenvalue weighted by molar-refractivity contribution is 0.0854. The Balaban J connectivity index is 2.17. The molecule has 0 spiro atoms. The van der Waals surface area contributed by atoms with Gasteiger partial charge < -0.3 is 9.64 Å². The van der Waals surface area contributed by atoms with Crippen molar-refractivity contribution < 1.29 is 9.53 Å². The summed E-state index contributed by atoms with van der Waals surface area (Å²) in [7, 11) is 2.12. The summed E-state index contributed by atoms with van der Waals surface area (Å²) < 4.78 is 5.38. The normalized spacial score (nSPS) is 16.8. The summed E-state index contributed by atoms with van der Waals surface area (Å²) in [6, 6.07) is 6.40. The summed E-state index contributed by atoms with van der Waals surface area (Å²) >= 11 is 0. The highest BCUT2D eigenvalue weighted by Crippen LogP contribution is 2.25. The molecule has 1 fully saturated rings. The van der Waals surface area contributed by atoms with E-state index in [-0.39, 0.29) is 0 Å². The van der Waals surface area contributed by atoms with Crippen molar-refractivity contribution in [2.24, 2.45) is 0 Å². The monoisotopic (exact) mass is 233 g/mol. The lowest BCUT2D eigenvalue weighted by Crippen LogP contribution is -2.37. The molecular weight excluding hydrogens is 214 g/mol. The van der Waals surface area contributed by atoms with Gasteiger partial charge in [-0.15, -0.1) is 0 Å². The van der Waals surface area contributed by atoms with Crippen molar-refractivity contribution in [3.8, 4) is 0 Å². The van der Waals surface area contributed by atoms with E-state index in [1.54, 1.807) is 0 Å². The fourth-order valence-electron chi connectivity index (χ4n) is 2.42. The van der Waals surface area contributed by atoms with Crippen LogP contribution in [0.3, 0.4) is 0 Å². The molecule has 1 aliphatic heterocycles. The Hall–Kier alpha value is -1.35. The van der Waals surface area contributed by atoms with Crippen LogP contribution in [0.15, 0.2) is 18.2 Å². The van der Waals surface area contributed by atoms with E-state index in [2.05, 4.69) is 18.9 Å². The number of aryl methyl sites for hydroxylation is 1. The Labute approximate surface area is 102 Å². The molecule has 1 aromatic carbocycles. The molecule has 0 atom stereocenters. The molecule has 2 rings (SSSR count). The lowest BCUT2D eigenvalue weighted by Gasteiger charge is -2.33. The van der Waals surface area contributed by atoms with Crippen molar-refractivity contribution in [3.63, 3.8) is 0 Å². The highest BCUT2D eigenvalue weighted by molar-refractivity contribution is 5.77. The standard InChI is InChI=1S/C14H19NO2/c1-11-9-12(10-16)3-4-14(11)15(2)13-5-7-17-8-6-13/h3-4,9-10,13H,5-8H2,1-2H3. The number of hydrogen-bond donors (Lipinski definition) is 0. The molecule has 92 valence electrons. The molecule has 3 nitrogen and oxygen atoms in total. The van der Waals surface area contributed by atoms with Gasteiger partial charge in [0.05, 0.1) is 0 Å². The third-order valence-electron chi connectivity index (χ3n) is 3.48. The van der Waals surface area contributed by atoms with E-state index in [4.69, 9.17) is 4.74 Å². The van der Waals surface area contributed by atoms with Crippen molar-refractivity contribution >= 4 is 12.0 Å². The minimum Gasteiger partial charge on any atom is -0.381 e. The molecule has 0 amide bonds. The molecule has 0 radical (unpaired) electrons. The highest BCUT2D eigenvalue weighted by Gasteiger charge is 2.19. The van der Waals surface area contributed by atoms with Gasteiger partial charge in [0.15, 0.2) is 0 Å². The minimum atomic E-state index is 0.546. The van der Waals surface area contributed by atoms with Gasteiger partial charge in [-0.1, -0.05) is 0 Å². The van der Waals surface area contributed by atoms with E-state index in [0.29, 0.717) is 6.04 Å². The molecule has 0 aliphatic carbocycles. The van der Waals surface area contributed by atoms with Crippen LogP contribution in [-0.2, 0) is 4.74 Å². The zero-order valence-electron chi connectivity index (χ0n) is 10.5. The average molecular weight is 233 g/mol. The maximum Gasteiger partial charge on any atom is 0.150 e. The molecule has 17 heavy (non-hydrogen) atoms. The van der Waals surface area contributed by atoms with Gasteiger partial charge in [0, 0.05) is 37.6 Å². The summed E-state index contributed by atoms with van der Waals surface area (Å²) in [5.41, 5.74) is 3.11. The molecule has 0 N–H and O–H groups in total. The highest BCUT2D eigenvalue weighted by atomic mass is 16.5. The summed E-state index contributed by atoms with van der Waals surface area (Å²) in [4.78, 5) is 13.0. The number of hydrogen-bond acceptors (Lipinski definition) is 3. The maximum absolute atomic E-state index is 10.7. The number of ether oxygens (including phenoxy) is 1. The van der Waals surface area contributed by atoms with Crippen LogP contribution in [0, 0.1) is 6.92 Å². The quantitative estimate of drug-likeness (QED) is 0.751. The Morgan fingerprint density at radius 3 is 2.65 bits per heavy atom. The van der Waals surface area contributed by atoms with Crippen molar-refractivity contribution in [2.75, 3.05) is 25.2 Å². The van der Waals surface area contributed by atoms with Crippen LogP contribution in [-0.4, -0.2) is 32.6 Å². The fourth-order valence-corrected chi connectivity index (χ4v) is 2.42. The number of carbonyl (C=O) groups excluding carboxylic acids is 1. The first-order valence-corrected chi connectivity index (χ1v) is 6.09. The second-order valence-electron chi connectivity index (χ2n) is 4.62. The van der Waals surface area contributed by atoms with E-state index < -0.39 is 0 Å². The molecule has 0 saturated carbocycles. The van der Waals surface area contributed by atoms with Gasteiger partial charge in [-0.25, -0.2) is 0 Å². The molecule has 0 bridgehead atoms. The summed E-state index contributed by atoms with van der Waals surface area (Å²) in [6.07, 6.45) is 3.04. The first-order chi connectivity index (χ1) is 8.22. The van der Waals surface area contributed by atoms with E-state index in [1.165, 1.54) is 5.69 Å². The summed E-state index contributed by atoms with van der Waals surface area (Å²) in [5, 5.41) is 0. The number of nitrogens with zero attached hydrogens (tertiary/aromatic N) is 1. The average Bonchev–Trinajstić information content (AvgIpc) is 2.39. The van der Waals surface area contributed by atoms with Crippen LogP contribution in [0.4, 0.5) is 5.69 Å². The molecule has 1 aliphatic rings. The van der Waals surface area contributed by atoms with Crippen LogP contribution in [0.2, 0.25) is 0 Å². The molecule has 0 unspecified atom stereocenters. The molecule has 1 saturated heterocycles. The first kappa shape index (κ1) is 12.1. The number of carbonyl (C=O) groups is 1. The first-order valence-electron chi connectivity index (χ1n) is 6.09. The second-order valence-corrected chi connectivity index (χ2v) is 4.62. The molecule has 1 aromatic rings. The topological polar surface area (TPSA) is 29.5 Å². The third-order valence-corrected chi connectivity index (χ3v) is 3.48. The van der Waals surface area contributed by atoms with E-state index >= 15 is 0 Å². The van der Waals surface area contributed by atoms with Crippen molar-refractivity contribution in [2.45, 2.75) is 25.8 Å². The van der Waals surface area contributed by atoms with E-state index in [9.17, 15) is 4.79 Å². The van der Waals surface area contributed by atoms with Crippen LogP contribution in [0.25, 0.3) is 0 Å². The maximum atomic E-state index is 10.7. The second kappa shape index (κ2) is 5.32. The van der Waals surface area contributed by atoms with Gasteiger partial charge in [0.25, 0.3) is 0 Å². The molecule has 0 aromatic heterocycles. The lowest BCUT2D eigenvalue weighted by atomic mass is 10.0. The third kappa shape index (κ3) is 2.67. The van der Waals surface area contributed by atoms with E-state index in [0.717, 1.165) is 43.5 Å². The Morgan fingerprint density at radius 2 is 2.06 bits per heavy atom. The van der Waals surface area contributed by atoms with Gasteiger partial charge in [-0.05, 0) is 43.5 Å². The Bertz CT molecular complexity index is 397. The minimum absolute atomic E-state index is 0.546. The predicted molar refractivity (Wildman–Crippen MR) is 68.8 cm³/mol. The Morgan fingerprint density at radius 1 is 1.35 bits per heavy atom. The number of benzene rings is 1. The van der Waals surface area contributed by atoms with Gasteiger partial charge in [0.2, 0.25) is 0 Å². The van der Waals surface area contributed by atoms with Crippen LogP contribution < -0.4 is 4.90 Å². The molecule has 1 heterocycles. The van der Waals surface area contributed by atoms with Crippen molar-refractivity contribution in [1.29, 1.82) is 0 Å². The predicted octanol–water partition coefficient (Wildman–Crippen LogP) is 2.42. The fraction of sp³-hybridized carbons (Fsp3) is 0.500. The largest absolute Gasteiger partial charge is 0.381 e. The van der Waals surface area contributed by atoms with Gasteiger partial charge in [0.1, 0.15) is 6.29 Å². The van der Waals surface area contributed by atoms with Gasteiger partial charge >= 0.3 is 0 Å². The molecule has 3 heteroatoms. The summed E-state index contributed by atoms with van der Waals surface area (Å²) in [6.45, 7) is 3.75. The zero-order chi connectivity index (χ0) is 12.3. The van der Waals surface area contributed by atoms with Crippen molar-refractivity contribution in [1.82, 2.24) is 0 Å². The van der Waals surface area contributed by atoms with Gasteiger partial charge in [-0.3, -0.25) is 4.79 Å². The SMILES string of the molecule is Cc1cc(C=O)ccc1N(C)C1CCOCC1. The zero-order valence-corrected chi connectivity index (χ0v) is 10.5. The summed E-state index contributed by atoms with van der Waals surface area (Å²) in [5.74, 6) is 0. The van der Waals surface area contributed by atoms with Crippen LogP contribution >= 0.6 is 0 Å². The number of anilines is 1. The Kier molecular flexibility index (Phi) is 3.79. The van der Waals surface area contributed by atoms with Crippen molar-refractivity contribution in [3.05, 3.63) is 29.3 Å².